The highest BCUT2D eigenvalue weighted by atomic mass is 32.1. The van der Waals surface area contributed by atoms with Crippen molar-refractivity contribution in [2.45, 2.75) is 19.8 Å². The molecule has 0 unspecified atom stereocenters. The van der Waals surface area contributed by atoms with Gasteiger partial charge in [-0.05, 0) is 31.2 Å². The predicted molar refractivity (Wildman–Crippen MR) is 75.8 cm³/mol. The molecule has 0 atom stereocenters. The second-order valence-electron chi connectivity index (χ2n) is 4.34. The van der Waals surface area contributed by atoms with E-state index in [0.29, 0.717) is 12.1 Å². The molecule has 4 nitrogen and oxygen atoms in total. The van der Waals surface area contributed by atoms with Gasteiger partial charge in [-0.25, -0.2) is 9.78 Å². The van der Waals surface area contributed by atoms with E-state index in [1.807, 2.05) is 13.0 Å². The first-order chi connectivity index (χ1) is 9.10. The molecule has 3 N–H and O–H groups in total. The van der Waals surface area contributed by atoms with Crippen LogP contribution in [-0.2, 0) is 12.8 Å². The van der Waals surface area contributed by atoms with E-state index in [0.717, 1.165) is 29.1 Å². The Labute approximate surface area is 115 Å². The molecule has 5 heteroatoms. The van der Waals surface area contributed by atoms with Gasteiger partial charge in [-0.15, -0.1) is 11.3 Å². The van der Waals surface area contributed by atoms with E-state index < -0.39 is 5.97 Å². The van der Waals surface area contributed by atoms with Crippen LogP contribution in [0.5, 0.6) is 0 Å². The van der Waals surface area contributed by atoms with E-state index >= 15 is 0 Å². The molecule has 100 valence electrons. The Morgan fingerprint density at radius 2 is 2.26 bits per heavy atom. The van der Waals surface area contributed by atoms with E-state index in [4.69, 9.17) is 10.8 Å². The SMILES string of the molecule is Cc1nc(CCN)sc1Cc1cccc(C(=O)O)c1. The van der Waals surface area contributed by atoms with Gasteiger partial charge in [0.15, 0.2) is 0 Å². The van der Waals surface area contributed by atoms with Crippen molar-refractivity contribution in [1.29, 1.82) is 0 Å². The van der Waals surface area contributed by atoms with Gasteiger partial charge in [0.1, 0.15) is 0 Å². The zero-order valence-corrected chi connectivity index (χ0v) is 11.5. The zero-order valence-electron chi connectivity index (χ0n) is 10.7. The highest BCUT2D eigenvalue weighted by Gasteiger charge is 2.09. The number of aromatic carboxylic acids is 1. The Kier molecular flexibility index (Phi) is 4.29. The fourth-order valence-corrected chi connectivity index (χ4v) is 3.00. The maximum atomic E-state index is 10.9. The number of carbonyl (C=O) groups is 1. The minimum absolute atomic E-state index is 0.321. The fourth-order valence-electron chi connectivity index (χ4n) is 1.88. The van der Waals surface area contributed by atoms with Crippen molar-refractivity contribution in [1.82, 2.24) is 4.98 Å². The molecule has 0 saturated carbocycles. The first-order valence-electron chi connectivity index (χ1n) is 6.07. The monoisotopic (exact) mass is 276 g/mol. The number of hydrogen-bond acceptors (Lipinski definition) is 4. The summed E-state index contributed by atoms with van der Waals surface area (Å²) >= 11 is 1.65. The number of benzene rings is 1. The molecule has 1 aromatic heterocycles. The second kappa shape index (κ2) is 5.95. The van der Waals surface area contributed by atoms with Crippen LogP contribution in [0.15, 0.2) is 24.3 Å². The number of carboxylic acids is 1. The normalized spacial score (nSPS) is 10.6. The van der Waals surface area contributed by atoms with Crippen molar-refractivity contribution in [2.75, 3.05) is 6.54 Å². The molecule has 0 aliphatic rings. The van der Waals surface area contributed by atoms with Crippen LogP contribution in [0.1, 0.15) is 31.5 Å². The summed E-state index contributed by atoms with van der Waals surface area (Å²) in [5.74, 6) is -0.897. The standard InChI is InChI=1S/C14H16N2O2S/c1-9-12(19-13(16-9)5-6-15)8-10-3-2-4-11(7-10)14(17)18/h2-4,7H,5-6,8,15H2,1H3,(H,17,18). The number of nitrogens with zero attached hydrogens (tertiary/aromatic N) is 1. The van der Waals surface area contributed by atoms with E-state index in [1.165, 1.54) is 4.88 Å². The van der Waals surface area contributed by atoms with Gasteiger partial charge in [0.2, 0.25) is 0 Å². The molecular weight excluding hydrogens is 260 g/mol. The number of rotatable bonds is 5. The predicted octanol–water partition coefficient (Wildman–Crippen LogP) is 2.24. The summed E-state index contributed by atoms with van der Waals surface area (Å²) in [7, 11) is 0. The summed E-state index contributed by atoms with van der Waals surface area (Å²) in [4.78, 5) is 16.6. The lowest BCUT2D eigenvalue weighted by molar-refractivity contribution is 0.0697. The van der Waals surface area contributed by atoms with Gasteiger partial charge in [-0.2, -0.15) is 0 Å². The lowest BCUT2D eigenvalue weighted by Crippen LogP contribution is -2.01. The molecule has 0 amide bonds. The Morgan fingerprint density at radius 3 is 2.95 bits per heavy atom. The van der Waals surface area contributed by atoms with Crippen molar-refractivity contribution in [3.8, 4) is 0 Å². The van der Waals surface area contributed by atoms with Crippen LogP contribution in [0, 0.1) is 6.92 Å². The maximum Gasteiger partial charge on any atom is 0.335 e. The number of carboxylic acid groups (broad SMARTS) is 1. The molecule has 2 rings (SSSR count). The van der Waals surface area contributed by atoms with E-state index in [-0.39, 0.29) is 0 Å². The van der Waals surface area contributed by atoms with E-state index in [2.05, 4.69) is 4.98 Å². The van der Waals surface area contributed by atoms with Crippen molar-refractivity contribution < 1.29 is 9.90 Å². The first-order valence-corrected chi connectivity index (χ1v) is 6.89. The third kappa shape index (κ3) is 3.39. The van der Waals surface area contributed by atoms with Gasteiger partial charge in [-0.1, -0.05) is 12.1 Å². The average Bonchev–Trinajstić information content (AvgIpc) is 2.70. The number of aromatic nitrogens is 1. The third-order valence-electron chi connectivity index (χ3n) is 2.83. The van der Waals surface area contributed by atoms with E-state index in [9.17, 15) is 4.79 Å². The molecule has 0 radical (unpaired) electrons. The van der Waals surface area contributed by atoms with Crippen molar-refractivity contribution >= 4 is 17.3 Å². The van der Waals surface area contributed by atoms with Gasteiger partial charge < -0.3 is 10.8 Å². The Balaban J connectivity index is 2.21. The summed E-state index contributed by atoms with van der Waals surface area (Å²) in [6.07, 6.45) is 1.51. The van der Waals surface area contributed by atoms with Gasteiger partial charge in [0.05, 0.1) is 16.3 Å². The molecule has 0 bridgehead atoms. The fraction of sp³-hybridized carbons (Fsp3) is 0.286. The Bertz CT molecular complexity index is 593. The number of thiazole rings is 1. The van der Waals surface area contributed by atoms with Crippen LogP contribution in [0.4, 0.5) is 0 Å². The minimum atomic E-state index is -0.897. The van der Waals surface area contributed by atoms with Gasteiger partial charge in [0, 0.05) is 17.7 Å². The van der Waals surface area contributed by atoms with Gasteiger partial charge >= 0.3 is 5.97 Å². The number of aryl methyl sites for hydroxylation is 1. The zero-order chi connectivity index (χ0) is 13.8. The summed E-state index contributed by atoms with van der Waals surface area (Å²) in [6.45, 7) is 2.58. The topological polar surface area (TPSA) is 76.2 Å². The Hall–Kier alpha value is -1.72. The molecule has 19 heavy (non-hydrogen) atoms. The molecule has 1 aromatic carbocycles. The van der Waals surface area contributed by atoms with Gasteiger partial charge in [-0.3, -0.25) is 0 Å². The van der Waals surface area contributed by atoms with Crippen LogP contribution < -0.4 is 5.73 Å². The van der Waals surface area contributed by atoms with Crippen molar-refractivity contribution in [3.63, 3.8) is 0 Å². The number of nitrogens with two attached hydrogens (primary N) is 1. The molecule has 0 aliphatic carbocycles. The summed E-state index contributed by atoms with van der Waals surface area (Å²) in [6, 6.07) is 7.03. The smallest absolute Gasteiger partial charge is 0.335 e. The molecule has 0 saturated heterocycles. The molecule has 0 spiro atoms. The van der Waals surface area contributed by atoms with Crippen LogP contribution in [-0.4, -0.2) is 22.6 Å². The average molecular weight is 276 g/mol. The van der Waals surface area contributed by atoms with Crippen LogP contribution in [0.3, 0.4) is 0 Å². The van der Waals surface area contributed by atoms with Gasteiger partial charge in [0.25, 0.3) is 0 Å². The van der Waals surface area contributed by atoms with Crippen LogP contribution >= 0.6 is 11.3 Å². The maximum absolute atomic E-state index is 10.9. The van der Waals surface area contributed by atoms with Crippen molar-refractivity contribution in [2.24, 2.45) is 5.73 Å². The number of hydrogen-bond donors (Lipinski definition) is 2. The van der Waals surface area contributed by atoms with Crippen LogP contribution in [0.2, 0.25) is 0 Å². The quantitative estimate of drug-likeness (QED) is 0.878. The molecule has 0 aliphatic heterocycles. The molecular formula is C14H16N2O2S. The summed E-state index contributed by atoms with van der Waals surface area (Å²) in [5.41, 5.74) is 7.85. The highest BCUT2D eigenvalue weighted by Crippen LogP contribution is 2.22. The molecule has 0 fully saturated rings. The van der Waals surface area contributed by atoms with Crippen LogP contribution in [0.25, 0.3) is 0 Å². The minimum Gasteiger partial charge on any atom is -0.478 e. The highest BCUT2D eigenvalue weighted by molar-refractivity contribution is 7.11. The summed E-state index contributed by atoms with van der Waals surface area (Å²) in [5, 5.41) is 10.0. The Morgan fingerprint density at radius 1 is 1.47 bits per heavy atom. The molecule has 2 aromatic rings. The molecule has 1 heterocycles. The largest absolute Gasteiger partial charge is 0.478 e. The lowest BCUT2D eigenvalue weighted by atomic mass is 10.1. The first kappa shape index (κ1) is 13.7. The van der Waals surface area contributed by atoms with Crippen molar-refractivity contribution in [3.05, 3.63) is 51.0 Å². The second-order valence-corrected chi connectivity index (χ2v) is 5.51. The third-order valence-corrected chi connectivity index (χ3v) is 4.05. The summed E-state index contributed by atoms with van der Waals surface area (Å²) < 4.78 is 0. The lowest BCUT2D eigenvalue weighted by Gasteiger charge is -2.01. The van der Waals surface area contributed by atoms with E-state index in [1.54, 1.807) is 29.5 Å².